The molecule has 0 aliphatic carbocycles. The van der Waals surface area contributed by atoms with E-state index in [1.54, 1.807) is 30.3 Å². The molecule has 1 aliphatic rings. The highest BCUT2D eigenvalue weighted by molar-refractivity contribution is 9.10. The van der Waals surface area contributed by atoms with Gasteiger partial charge < -0.3 is 14.1 Å². The van der Waals surface area contributed by atoms with Crippen LogP contribution in [0.5, 0.6) is 0 Å². The lowest BCUT2D eigenvalue weighted by atomic mass is 10.0. The summed E-state index contributed by atoms with van der Waals surface area (Å²) in [5, 5.41) is 9.32. The van der Waals surface area contributed by atoms with Gasteiger partial charge in [-0.2, -0.15) is 5.26 Å². The Morgan fingerprint density at radius 3 is 2.62 bits per heavy atom. The molecule has 24 heavy (non-hydrogen) atoms. The second kappa shape index (κ2) is 7.47. The second-order valence-corrected chi connectivity index (χ2v) is 6.12. The van der Waals surface area contributed by atoms with Crippen molar-refractivity contribution in [1.29, 1.82) is 5.26 Å². The number of ether oxygens (including phenoxy) is 1. The lowest BCUT2D eigenvalue weighted by Gasteiger charge is -2.26. The maximum Gasteiger partial charge on any atom is 0.210 e. The molecule has 0 atom stereocenters. The van der Waals surface area contributed by atoms with Gasteiger partial charge in [0.2, 0.25) is 11.7 Å². The number of carbonyl (C=O) groups is 1. The number of ketones is 1. The predicted octanol–water partition coefficient (Wildman–Crippen LogP) is 3.67. The number of nitrogens with zero attached hydrogens (tertiary/aromatic N) is 2. The van der Waals surface area contributed by atoms with Crippen molar-refractivity contribution >= 4 is 33.7 Å². The summed E-state index contributed by atoms with van der Waals surface area (Å²) in [5.41, 5.74) is 0.514. The number of allylic oxidation sites excluding steroid dienone is 1. The molecule has 6 heteroatoms. The van der Waals surface area contributed by atoms with Gasteiger partial charge in [0, 0.05) is 30.8 Å². The topological polar surface area (TPSA) is 66.5 Å². The number of furan rings is 1. The summed E-state index contributed by atoms with van der Waals surface area (Å²) in [5.74, 6) is 0.830. The maximum absolute atomic E-state index is 12.4. The largest absolute Gasteiger partial charge is 0.440 e. The van der Waals surface area contributed by atoms with Crippen LogP contribution >= 0.6 is 15.9 Å². The number of halogens is 1. The van der Waals surface area contributed by atoms with Crippen LogP contribution in [0.3, 0.4) is 0 Å². The van der Waals surface area contributed by atoms with E-state index in [0.717, 1.165) is 17.6 Å². The number of Topliss-reactive ketones (excluding diaryl/α,β-unsaturated/α-hetero) is 1. The first-order valence-corrected chi connectivity index (χ1v) is 8.32. The number of hydrogen-bond acceptors (Lipinski definition) is 5. The third-order valence-electron chi connectivity index (χ3n) is 3.67. The predicted molar refractivity (Wildman–Crippen MR) is 93.8 cm³/mol. The van der Waals surface area contributed by atoms with Crippen molar-refractivity contribution in [2.45, 2.75) is 0 Å². The van der Waals surface area contributed by atoms with Crippen molar-refractivity contribution in [3.8, 4) is 6.07 Å². The Morgan fingerprint density at radius 2 is 1.96 bits per heavy atom. The first-order chi connectivity index (χ1) is 11.7. The zero-order valence-electron chi connectivity index (χ0n) is 12.9. The molecule has 0 radical (unpaired) electrons. The summed E-state index contributed by atoms with van der Waals surface area (Å²) >= 11 is 3.47. The molecule has 1 fully saturated rings. The molecule has 1 aromatic carbocycles. The van der Waals surface area contributed by atoms with Crippen LogP contribution in [0, 0.1) is 11.3 Å². The number of carbonyl (C=O) groups excluding carboxylic acids is 1. The molecule has 1 aliphatic heterocycles. The molecule has 1 aromatic heterocycles. The molecule has 0 amide bonds. The van der Waals surface area contributed by atoms with Crippen molar-refractivity contribution in [3.63, 3.8) is 0 Å². The van der Waals surface area contributed by atoms with E-state index < -0.39 is 0 Å². The van der Waals surface area contributed by atoms with Crippen LogP contribution in [0.2, 0.25) is 0 Å². The SMILES string of the molecule is N#C/C(=C\c1cc(Br)c(N2CCOCC2)o1)C(=O)c1ccccc1. The first-order valence-electron chi connectivity index (χ1n) is 7.52. The fourth-order valence-corrected chi connectivity index (χ4v) is 3.02. The van der Waals surface area contributed by atoms with Gasteiger partial charge in [0.15, 0.2) is 0 Å². The molecule has 1 saturated heterocycles. The zero-order valence-corrected chi connectivity index (χ0v) is 14.5. The Bertz CT molecular complexity index is 799. The Labute approximate surface area is 148 Å². The van der Waals surface area contributed by atoms with Gasteiger partial charge in [0.25, 0.3) is 0 Å². The Hall–Kier alpha value is -2.36. The molecule has 122 valence electrons. The summed E-state index contributed by atoms with van der Waals surface area (Å²) < 4.78 is 11.9. The number of anilines is 1. The third kappa shape index (κ3) is 3.58. The number of morpholine rings is 1. The van der Waals surface area contributed by atoms with E-state index in [-0.39, 0.29) is 11.4 Å². The van der Waals surface area contributed by atoms with Gasteiger partial charge in [0.05, 0.1) is 17.7 Å². The normalized spacial score (nSPS) is 15.2. The standard InChI is InChI=1S/C18H15BrN2O3/c19-16-11-15(24-18(16)21-6-8-23-9-7-21)10-14(12-20)17(22)13-4-2-1-3-5-13/h1-5,10-11H,6-9H2/b14-10+. The smallest absolute Gasteiger partial charge is 0.210 e. The molecule has 0 saturated carbocycles. The van der Waals surface area contributed by atoms with Gasteiger partial charge >= 0.3 is 0 Å². The molecule has 0 unspecified atom stereocenters. The summed E-state index contributed by atoms with van der Waals surface area (Å²) in [4.78, 5) is 14.5. The fourth-order valence-electron chi connectivity index (χ4n) is 2.47. The molecule has 0 bridgehead atoms. The summed E-state index contributed by atoms with van der Waals surface area (Å²) in [6.07, 6.45) is 1.48. The molecular formula is C18H15BrN2O3. The lowest BCUT2D eigenvalue weighted by molar-refractivity contribution is 0.104. The number of benzene rings is 1. The van der Waals surface area contributed by atoms with Crippen molar-refractivity contribution in [3.05, 3.63) is 57.8 Å². The summed E-state index contributed by atoms with van der Waals surface area (Å²) in [7, 11) is 0. The van der Waals surface area contributed by atoms with Gasteiger partial charge in [-0.15, -0.1) is 0 Å². The van der Waals surface area contributed by atoms with E-state index in [4.69, 9.17) is 9.15 Å². The molecular weight excluding hydrogens is 372 g/mol. The van der Waals surface area contributed by atoms with Gasteiger partial charge in [-0.1, -0.05) is 30.3 Å². The van der Waals surface area contributed by atoms with Crippen LogP contribution in [0.4, 0.5) is 5.88 Å². The average molecular weight is 387 g/mol. The van der Waals surface area contributed by atoms with Gasteiger partial charge in [-0.05, 0) is 15.9 Å². The van der Waals surface area contributed by atoms with Gasteiger partial charge in [-0.25, -0.2) is 0 Å². The van der Waals surface area contributed by atoms with E-state index in [1.807, 2.05) is 12.1 Å². The van der Waals surface area contributed by atoms with Gasteiger partial charge in [0.1, 0.15) is 17.4 Å². The molecule has 0 N–H and O–H groups in total. The quantitative estimate of drug-likeness (QED) is 0.455. The minimum Gasteiger partial charge on any atom is -0.440 e. The Balaban J connectivity index is 1.86. The number of rotatable bonds is 4. The number of hydrogen-bond donors (Lipinski definition) is 0. The Morgan fingerprint density at radius 1 is 1.25 bits per heavy atom. The summed E-state index contributed by atoms with van der Waals surface area (Å²) in [6.45, 7) is 2.77. The average Bonchev–Trinajstić information content (AvgIpc) is 3.01. The van der Waals surface area contributed by atoms with Crippen LogP contribution < -0.4 is 4.90 Å². The van der Waals surface area contributed by atoms with Crippen molar-refractivity contribution in [1.82, 2.24) is 0 Å². The van der Waals surface area contributed by atoms with E-state index in [2.05, 4.69) is 20.8 Å². The zero-order chi connectivity index (χ0) is 16.9. The minimum atomic E-state index is -0.321. The highest BCUT2D eigenvalue weighted by atomic mass is 79.9. The monoisotopic (exact) mass is 386 g/mol. The van der Waals surface area contributed by atoms with Crippen LogP contribution in [-0.2, 0) is 4.74 Å². The second-order valence-electron chi connectivity index (χ2n) is 5.27. The third-order valence-corrected chi connectivity index (χ3v) is 4.24. The van der Waals surface area contributed by atoms with Crippen molar-refractivity contribution in [2.75, 3.05) is 31.2 Å². The summed E-state index contributed by atoms with van der Waals surface area (Å²) in [6, 6.07) is 12.5. The molecule has 2 aromatic rings. The van der Waals surface area contributed by atoms with Crippen LogP contribution in [0.1, 0.15) is 16.1 Å². The van der Waals surface area contributed by atoms with E-state index in [1.165, 1.54) is 6.08 Å². The molecule has 2 heterocycles. The van der Waals surface area contributed by atoms with Crippen molar-refractivity contribution < 1.29 is 13.9 Å². The molecule has 3 rings (SSSR count). The van der Waals surface area contributed by atoms with E-state index in [0.29, 0.717) is 30.4 Å². The van der Waals surface area contributed by atoms with Crippen molar-refractivity contribution in [2.24, 2.45) is 0 Å². The van der Waals surface area contributed by atoms with Crippen LogP contribution in [0.15, 0.2) is 50.9 Å². The first kappa shape index (κ1) is 16.5. The Kier molecular flexibility index (Phi) is 5.14. The molecule has 0 spiro atoms. The van der Waals surface area contributed by atoms with Gasteiger partial charge in [-0.3, -0.25) is 4.79 Å². The van der Waals surface area contributed by atoms with Crippen LogP contribution in [0.25, 0.3) is 6.08 Å². The maximum atomic E-state index is 12.4. The highest BCUT2D eigenvalue weighted by Crippen LogP contribution is 2.32. The lowest BCUT2D eigenvalue weighted by Crippen LogP contribution is -2.36. The fraction of sp³-hybridized carbons (Fsp3) is 0.222. The van der Waals surface area contributed by atoms with E-state index >= 15 is 0 Å². The molecule has 5 nitrogen and oxygen atoms in total. The number of nitriles is 1. The van der Waals surface area contributed by atoms with Crippen LogP contribution in [-0.4, -0.2) is 32.1 Å². The minimum absolute atomic E-state index is 0.0379. The van der Waals surface area contributed by atoms with E-state index in [9.17, 15) is 10.1 Å². The highest BCUT2D eigenvalue weighted by Gasteiger charge is 2.19.